The molecule has 0 N–H and O–H groups in total. The Balaban J connectivity index is 1.74. The number of nitrogens with zero attached hydrogens (tertiary/aromatic N) is 2. The summed E-state index contributed by atoms with van der Waals surface area (Å²) < 4.78 is 5.33. The molecule has 0 saturated carbocycles. The third kappa shape index (κ3) is 2.68. The van der Waals surface area contributed by atoms with Crippen molar-refractivity contribution in [3.8, 4) is 0 Å². The number of carbonyl (C=O) groups is 2. The molecule has 3 aliphatic heterocycles. The summed E-state index contributed by atoms with van der Waals surface area (Å²) in [5, 5.41) is 0. The first-order valence-corrected chi connectivity index (χ1v) is 8.37. The van der Waals surface area contributed by atoms with E-state index in [0.29, 0.717) is 18.5 Å². The van der Waals surface area contributed by atoms with Gasteiger partial charge in [0.15, 0.2) is 0 Å². The van der Waals surface area contributed by atoms with E-state index in [1.54, 1.807) is 0 Å². The van der Waals surface area contributed by atoms with Gasteiger partial charge >= 0.3 is 5.97 Å². The second kappa shape index (κ2) is 5.95. The first-order chi connectivity index (χ1) is 10.1. The molecule has 118 valence electrons. The molecular weight excluding hydrogens is 268 g/mol. The highest BCUT2D eigenvalue weighted by molar-refractivity contribution is 5.78. The molecule has 0 unspecified atom stereocenters. The average molecular weight is 294 g/mol. The van der Waals surface area contributed by atoms with Crippen LogP contribution in [-0.2, 0) is 14.3 Å². The molecule has 3 saturated heterocycles. The number of hydrogen-bond donors (Lipinski definition) is 0. The van der Waals surface area contributed by atoms with Crippen LogP contribution in [-0.4, -0.2) is 59.0 Å². The number of ether oxygens (including phenoxy) is 1. The zero-order valence-corrected chi connectivity index (χ0v) is 13.1. The molecular formula is C16H26N2O3. The summed E-state index contributed by atoms with van der Waals surface area (Å²) in [5.74, 6) is 0.187. The second-order valence-electron chi connectivity index (χ2n) is 6.60. The Morgan fingerprint density at radius 2 is 1.95 bits per heavy atom. The van der Waals surface area contributed by atoms with E-state index in [1.165, 1.54) is 0 Å². The third-order valence-corrected chi connectivity index (χ3v) is 5.25. The summed E-state index contributed by atoms with van der Waals surface area (Å²) in [5.41, 5.74) is 0. The van der Waals surface area contributed by atoms with Gasteiger partial charge < -0.3 is 9.64 Å². The molecule has 3 fully saturated rings. The lowest BCUT2D eigenvalue weighted by Gasteiger charge is -2.36. The van der Waals surface area contributed by atoms with Crippen molar-refractivity contribution in [2.45, 2.75) is 76.6 Å². The lowest BCUT2D eigenvalue weighted by molar-refractivity contribution is -0.145. The van der Waals surface area contributed by atoms with Gasteiger partial charge in [0.25, 0.3) is 0 Å². The van der Waals surface area contributed by atoms with E-state index in [4.69, 9.17) is 4.74 Å². The standard InChI is InChI=1S/C16H26N2O3/c1-3-15(19)18-9-5-7-13(18)12-6-4-8-17(12)14-10-11(2)21-16(14)20/h11-14H,3-10H2,1-2H3/t11-,12+,13-,14-/m1/s1. The molecule has 0 bridgehead atoms. The largest absolute Gasteiger partial charge is 0.461 e. The van der Waals surface area contributed by atoms with Gasteiger partial charge in [-0.05, 0) is 39.2 Å². The Bertz CT molecular complexity index is 426. The first-order valence-electron chi connectivity index (χ1n) is 8.37. The number of carbonyl (C=O) groups excluding carboxylic acids is 2. The molecule has 0 aromatic rings. The molecule has 21 heavy (non-hydrogen) atoms. The smallest absolute Gasteiger partial charge is 0.323 e. The predicted octanol–water partition coefficient (Wildman–Crippen LogP) is 1.56. The van der Waals surface area contributed by atoms with Gasteiger partial charge in [0, 0.05) is 31.5 Å². The Morgan fingerprint density at radius 3 is 2.62 bits per heavy atom. The van der Waals surface area contributed by atoms with Crippen molar-refractivity contribution in [2.24, 2.45) is 0 Å². The van der Waals surface area contributed by atoms with E-state index in [0.717, 1.165) is 45.2 Å². The van der Waals surface area contributed by atoms with Gasteiger partial charge in [-0.1, -0.05) is 6.92 Å². The van der Waals surface area contributed by atoms with Crippen LogP contribution in [0.4, 0.5) is 0 Å². The van der Waals surface area contributed by atoms with Gasteiger partial charge in [0.2, 0.25) is 5.91 Å². The number of hydrogen-bond acceptors (Lipinski definition) is 4. The fourth-order valence-corrected chi connectivity index (χ4v) is 4.33. The minimum Gasteiger partial charge on any atom is -0.461 e. The van der Waals surface area contributed by atoms with Crippen molar-refractivity contribution in [1.82, 2.24) is 9.80 Å². The van der Waals surface area contributed by atoms with Gasteiger partial charge in [0.1, 0.15) is 12.1 Å². The number of cyclic esters (lactones) is 1. The summed E-state index contributed by atoms with van der Waals surface area (Å²) in [7, 11) is 0. The van der Waals surface area contributed by atoms with Crippen molar-refractivity contribution in [3.63, 3.8) is 0 Å². The lowest BCUT2D eigenvalue weighted by Crippen LogP contribution is -2.52. The molecule has 1 amide bonds. The van der Waals surface area contributed by atoms with Gasteiger partial charge in [-0.3, -0.25) is 14.5 Å². The molecule has 0 aromatic carbocycles. The molecule has 0 aromatic heterocycles. The fourth-order valence-electron chi connectivity index (χ4n) is 4.33. The van der Waals surface area contributed by atoms with Gasteiger partial charge in [-0.2, -0.15) is 0 Å². The van der Waals surface area contributed by atoms with Crippen LogP contribution < -0.4 is 0 Å². The molecule has 5 nitrogen and oxygen atoms in total. The minimum atomic E-state index is -0.0910. The quantitative estimate of drug-likeness (QED) is 0.741. The van der Waals surface area contributed by atoms with Crippen LogP contribution >= 0.6 is 0 Å². The van der Waals surface area contributed by atoms with E-state index < -0.39 is 0 Å². The Morgan fingerprint density at radius 1 is 1.24 bits per heavy atom. The van der Waals surface area contributed by atoms with Gasteiger partial charge in [-0.15, -0.1) is 0 Å². The zero-order chi connectivity index (χ0) is 15.0. The summed E-state index contributed by atoms with van der Waals surface area (Å²) in [6.45, 7) is 5.74. The maximum Gasteiger partial charge on any atom is 0.323 e. The van der Waals surface area contributed by atoms with Crippen molar-refractivity contribution in [3.05, 3.63) is 0 Å². The molecule has 3 rings (SSSR count). The van der Waals surface area contributed by atoms with Crippen molar-refractivity contribution < 1.29 is 14.3 Å². The Hall–Kier alpha value is -1.10. The average Bonchev–Trinajstić information content (AvgIpc) is 3.15. The highest BCUT2D eigenvalue weighted by Gasteiger charge is 2.46. The number of esters is 1. The number of amides is 1. The molecule has 5 heteroatoms. The Labute approximate surface area is 126 Å². The summed E-state index contributed by atoms with van der Waals surface area (Å²) in [4.78, 5) is 28.6. The Kier molecular flexibility index (Phi) is 4.20. The SMILES string of the molecule is CCC(=O)N1CCC[C@@H]1[C@@H]1CCCN1[C@@H]1C[C@@H](C)OC1=O. The maximum atomic E-state index is 12.1. The van der Waals surface area contributed by atoms with Crippen LogP contribution in [0.1, 0.15) is 52.4 Å². The molecule has 0 radical (unpaired) electrons. The minimum absolute atomic E-state index is 0.0284. The van der Waals surface area contributed by atoms with Gasteiger partial charge in [-0.25, -0.2) is 0 Å². The molecule has 0 aliphatic carbocycles. The number of likely N-dealkylation sites (tertiary alicyclic amines) is 2. The summed E-state index contributed by atoms with van der Waals surface area (Å²) in [6, 6.07) is 0.543. The highest BCUT2D eigenvalue weighted by Crippen LogP contribution is 2.34. The second-order valence-corrected chi connectivity index (χ2v) is 6.60. The van der Waals surface area contributed by atoms with Crippen molar-refractivity contribution >= 4 is 11.9 Å². The van der Waals surface area contributed by atoms with E-state index >= 15 is 0 Å². The van der Waals surface area contributed by atoms with Crippen LogP contribution in [0.2, 0.25) is 0 Å². The summed E-state index contributed by atoms with van der Waals surface area (Å²) >= 11 is 0. The van der Waals surface area contributed by atoms with Crippen LogP contribution in [0.3, 0.4) is 0 Å². The predicted molar refractivity (Wildman–Crippen MR) is 78.7 cm³/mol. The van der Waals surface area contributed by atoms with Crippen LogP contribution in [0.5, 0.6) is 0 Å². The zero-order valence-electron chi connectivity index (χ0n) is 13.1. The molecule has 3 heterocycles. The first kappa shape index (κ1) is 14.8. The van der Waals surface area contributed by atoms with Crippen molar-refractivity contribution in [1.29, 1.82) is 0 Å². The van der Waals surface area contributed by atoms with E-state index in [1.807, 2.05) is 13.8 Å². The van der Waals surface area contributed by atoms with Crippen LogP contribution in [0.25, 0.3) is 0 Å². The highest BCUT2D eigenvalue weighted by atomic mass is 16.6. The lowest BCUT2D eigenvalue weighted by atomic mass is 10.0. The monoisotopic (exact) mass is 294 g/mol. The topological polar surface area (TPSA) is 49.9 Å². The van der Waals surface area contributed by atoms with E-state index in [9.17, 15) is 9.59 Å². The van der Waals surface area contributed by atoms with Gasteiger partial charge in [0.05, 0.1) is 0 Å². The van der Waals surface area contributed by atoms with E-state index in [2.05, 4.69) is 9.80 Å². The summed E-state index contributed by atoms with van der Waals surface area (Å²) in [6.07, 6.45) is 5.77. The molecule has 4 atom stereocenters. The normalized spacial score (nSPS) is 37.2. The maximum absolute atomic E-state index is 12.1. The van der Waals surface area contributed by atoms with Crippen LogP contribution in [0.15, 0.2) is 0 Å². The van der Waals surface area contributed by atoms with E-state index in [-0.39, 0.29) is 24.0 Å². The molecule has 0 spiro atoms. The fraction of sp³-hybridized carbons (Fsp3) is 0.875. The molecule has 3 aliphatic rings. The van der Waals surface area contributed by atoms with Crippen LogP contribution in [0, 0.1) is 0 Å². The third-order valence-electron chi connectivity index (χ3n) is 5.25. The number of rotatable bonds is 3. The van der Waals surface area contributed by atoms with Crippen molar-refractivity contribution in [2.75, 3.05) is 13.1 Å².